The first kappa shape index (κ1) is 63.9. The van der Waals surface area contributed by atoms with E-state index in [-0.39, 0.29) is 24.3 Å². The van der Waals surface area contributed by atoms with Gasteiger partial charge in [0.15, 0.2) is 31.1 Å². The predicted octanol–water partition coefficient (Wildman–Crippen LogP) is -0.765. The summed E-state index contributed by atoms with van der Waals surface area (Å²) in [4.78, 5) is 40.4. The van der Waals surface area contributed by atoms with Crippen LogP contribution in [0.15, 0.2) is 34.9 Å². The normalized spacial score (nSPS) is 49.8. The molecule has 0 amide bonds. The summed E-state index contributed by atoms with van der Waals surface area (Å²) in [5.74, 6) is -4.48. The molecule has 24 nitrogen and oxygen atoms in total. The number of carboxylic acids is 1. The van der Waals surface area contributed by atoms with Crippen LogP contribution in [0, 0.1) is 50.2 Å². The largest absolute Gasteiger partial charge is 0.479 e. The van der Waals surface area contributed by atoms with E-state index in [0.29, 0.717) is 31.3 Å². The maximum Gasteiger partial charge on any atom is 0.335 e. The second-order valence-electron chi connectivity index (χ2n) is 25.9. The number of aliphatic hydroxyl groups is 12. The lowest BCUT2D eigenvalue weighted by atomic mass is 9.32. The highest BCUT2D eigenvalue weighted by Crippen LogP contribution is 2.76. The molecule has 0 aromatic carbocycles. The highest BCUT2D eigenvalue weighted by molar-refractivity contribution is 5.89. The molecule has 3 aliphatic heterocycles. The third-order valence-corrected chi connectivity index (χ3v) is 21.5. The van der Waals surface area contributed by atoms with Gasteiger partial charge < -0.3 is 104 Å². The van der Waals surface area contributed by atoms with Gasteiger partial charge in [-0.25, -0.2) is 14.4 Å². The van der Waals surface area contributed by atoms with Crippen molar-refractivity contribution in [3.63, 3.8) is 0 Å². The molecule has 13 N–H and O–H groups in total. The van der Waals surface area contributed by atoms with Gasteiger partial charge in [-0.3, -0.25) is 0 Å². The molecule has 0 bridgehead atoms. The highest BCUT2D eigenvalue weighted by Gasteiger charge is 2.77. The number of carbonyl (C=O) groups excluding carboxylic acids is 2. The summed E-state index contributed by atoms with van der Waals surface area (Å²) >= 11 is 0. The molecule has 0 spiro atoms. The molecule has 0 radical (unpaired) electrons. The SMILES string of the molecule is C/C=C(/C)C(=O)O[C@H]1[C@H](OC(=O)/C(C)=C\C)[C@@]2(CO)C(CC1(C)C)C1=CCC3[C@@]4(C)CC[C@H](O[C@@H]5OC(C(=O)O)[C@@H](O)[C@@H](O[C@@H]6O[C@@H](CO)[C@@H](O)C6O)C5O[C@@H]5OC(CO)[C@H](O)[C@@H](O)C5O)[C@](C)(CO)C4CC[C@@]3(C)[C@]1(C)[C@@H](O)[C@H]2O. The number of esters is 2. The fourth-order valence-corrected chi connectivity index (χ4v) is 16.2. The molecule has 24 heteroatoms. The molecule has 3 heterocycles. The Bertz CT molecular complexity index is 2410. The summed E-state index contributed by atoms with van der Waals surface area (Å²) < 4.78 is 48.8. The van der Waals surface area contributed by atoms with Gasteiger partial charge in [-0.1, -0.05) is 65.3 Å². The van der Waals surface area contributed by atoms with Crippen LogP contribution in [0.25, 0.3) is 0 Å². The number of carbonyl (C=O) groups is 3. The molecule has 7 fully saturated rings. The van der Waals surface area contributed by atoms with Gasteiger partial charge in [0.05, 0.1) is 50.2 Å². The molecule has 5 aliphatic carbocycles. The number of aliphatic hydroxyl groups excluding tert-OH is 12. The average Bonchev–Trinajstić information content (AvgIpc) is 1.99. The van der Waals surface area contributed by atoms with Gasteiger partial charge in [0, 0.05) is 27.4 Å². The van der Waals surface area contributed by atoms with E-state index < -0.39 is 205 Å². The number of fused-ring (bicyclic) bond motifs is 7. The first-order valence-electron chi connectivity index (χ1n) is 28.3. The van der Waals surface area contributed by atoms with Crippen LogP contribution in [-0.4, -0.2) is 227 Å². The summed E-state index contributed by atoms with van der Waals surface area (Å²) in [5.41, 5.74) is -5.25. The third-order valence-electron chi connectivity index (χ3n) is 21.5. The second kappa shape index (κ2) is 23.3. The summed E-state index contributed by atoms with van der Waals surface area (Å²) in [6.07, 6.45) is -25.7. The fourth-order valence-electron chi connectivity index (χ4n) is 16.2. The molecule has 4 saturated carbocycles. The number of aliphatic carboxylic acids is 1. The van der Waals surface area contributed by atoms with Crippen molar-refractivity contribution in [3.05, 3.63) is 34.9 Å². The van der Waals surface area contributed by atoms with E-state index >= 15 is 0 Å². The van der Waals surface area contributed by atoms with E-state index in [1.54, 1.807) is 39.8 Å². The second-order valence-corrected chi connectivity index (χ2v) is 25.9. The van der Waals surface area contributed by atoms with Crippen LogP contribution >= 0.6 is 0 Å². The van der Waals surface area contributed by atoms with Crippen LogP contribution in [0.3, 0.4) is 0 Å². The number of rotatable bonds is 15. The Balaban J connectivity index is 1.15. The predicted molar refractivity (Wildman–Crippen MR) is 278 cm³/mol. The van der Waals surface area contributed by atoms with Crippen LogP contribution in [0.5, 0.6) is 0 Å². The lowest BCUT2D eigenvalue weighted by Crippen LogP contribution is -2.76. The van der Waals surface area contributed by atoms with Crippen LogP contribution in [-0.2, 0) is 52.3 Å². The summed E-state index contributed by atoms with van der Waals surface area (Å²) in [6.45, 7) is 15.3. The van der Waals surface area contributed by atoms with Crippen molar-refractivity contribution in [2.45, 2.75) is 224 Å². The monoisotopic (exact) mass is 1160 g/mol. The highest BCUT2D eigenvalue weighted by atomic mass is 16.8. The maximum absolute atomic E-state index is 13.9. The van der Waals surface area contributed by atoms with E-state index in [0.717, 1.165) is 5.57 Å². The number of allylic oxidation sites excluding steroid dienone is 3. The number of ether oxygens (including phenoxy) is 8. The minimum absolute atomic E-state index is 0.165. The summed E-state index contributed by atoms with van der Waals surface area (Å²) in [6, 6.07) is 0. The topological polar surface area (TPSA) is 388 Å². The molecule has 3 saturated heterocycles. The zero-order valence-corrected chi connectivity index (χ0v) is 47.8. The quantitative estimate of drug-likeness (QED) is 0.0415. The van der Waals surface area contributed by atoms with Crippen molar-refractivity contribution < 1.29 is 119 Å². The van der Waals surface area contributed by atoms with Crippen molar-refractivity contribution >= 4 is 17.9 Å². The Morgan fingerprint density at radius 2 is 1.17 bits per heavy atom. The lowest BCUT2D eigenvalue weighted by molar-refractivity contribution is -0.387. The Labute approximate surface area is 471 Å². The fraction of sp³-hybridized carbons (Fsp3) is 0.842. The summed E-state index contributed by atoms with van der Waals surface area (Å²) in [5, 5.41) is 146. The van der Waals surface area contributed by atoms with E-state index in [1.807, 2.05) is 27.7 Å². The van der Waals surface area contributed by atoms with E-state index in [2.05, 4.69) is 19.9 Å². The zero-order valence-electron chi connectivity index (χ0n) is 47.8. The van der Waals surface area contributed by atoms with Gasteiger partial charge in [0.2, 0.25) is 0 Å². The van der Waals surface area contributed by atoms with Crippen molar-refractivity contribution in [2.24, 2.45) is 50.2 Å². The van der Waals surface area contributed by atoms with E-state index in [4.69, 9.17) is 37.9 Å². The van der Waals surface area contributed by atoms with Crippen LogP contribution in [0.1, 0.15) is 108 Å². The number of hydrogen-bond acceptors (Lipinski definition) is 23. The molecule has 81 heavy (non-hydrogen) atoms. The smallest absolute Gasteiger partial charge is 0.335 e. The maximum atomic E-state index is 13.9. The minimum Gasteiger partial charge on any atom is -0.479 e. The number of hydrogen-bond donors (Lipinski definition) is 13. The molecule has 8 aliphatic rings. The van der Waals surface area contributed by atoms with Gasteiger partial charge in [-0.15, -0.1) is 0 Å². The van der Waals surface area contributed by atoms with Crippen molar-refractivity contribution in [3.8, 4) is 0 Å². The van der Waals surface area contributed by atoms with E-state index in [1.165, 1.54) is 0 Å². The van der Waals surface area contributed by atoms with Crippen molar-refractivity contribution in [1.29, 1.82) is 0 Å². The minimum atomic E-state index is -2.18. The Hall–Kier alpha value is -3.09. The van der Waals surface area contributed by atoms with Crippen molar-refractivity contribution in [1.82, 2.24) is 0 Å². The Morgan fingerprint density at radius 3 is 1.70 bits per heavy atom. The molecular weight excluding hydrogens is 1070 g/mol. The molecule has 460 valence electrons. The zero-order chi connectivity index (χ0) is 60.0. The molecule has 8 unspecified atom stereocenters. The van der Waals surface area contributed by atoms with E-state index in [9.17, 15) is 80.8 Å². The third kappa shape index (κ3) is 9.98. The van der Waals surface area contributed by atoms with Gasteiger partial charge in [-0.2, -0.15) is 0 Å². The Morgan fingerprint density at radius 1 is 0.630 bits per heavy atom. The van der Waals surface area contributed by atoms with Gasteiger partial charge >= 0.3 is 17.9 Å². The van der Waals surface area contributed by atoms with Gasteiger partial charge in [0.25, 0.3) is 0 Å². The Kier molecular flexibility index (Phi) is 18.4. The molecule has 0 aromatic heterocycles. The molecule has 27 atom stereocenters. The molecular formula is C57H88O24. The standard InChI is InChI=1S/C57H88O24/c1-11-24(3)47(72)80-44-45(81-48(73)25(4)12-2)57(23-61)27(19-52(44,5)6)26-13-14-31-53(7)17-16-32(54(8,22-60)30(53)15-18-55(31,9)56(26,10)42(68)43(57)69)76-51-41(79-50-37(66)35(64)33(62)28(20-58)74-50)39(38(67)40(78-51)46(70)71)77-49-36(65)34(63)29(21-59)75-49/h11-13,27-45,49-51,58-69H,14-23H2,1-10H3,(H,70,71)/b24-11-,25-12-/t27?,28?,29-,30?,31?,32-,33-,34+,35+,36?,37?,38-,39+,40?,41?,42-,43+,44-,45-,49-,50-,51+,53-,54+,55+,56-,57-/m0/s1. The average molecular weight is 1160 g/mol. The number of carboxylic acid groups (broad SMARTS) is 1. The van der Waals surface area contributed by atoms with Crippen LogP contribution < -0.4 is 0 Å². The van der Waals surface area contributed by atoms with Gasteiger partial charge in [0.1, 0.15) is 67.1 Å². The summed E-state index contributed by atoms with van der Waals surface area (Å²) in [7, 11) is 0. The van der Waals surface area contributed by atoms with Crippen LogP contribution in [0.2, 0.25) is 0 Å². The van der Waals surface area contributed by atoms with Crippen LogP contribution in [0.4, 0.5) is 0 Å². The van der Waals surface area contributed by atoms with Crippen molar-refractivity contribution in [2.75, 3.05) is 26.4 Å². The lowest BCUT2D eigenvalue weighted by Gasteiger charge is -2.73. The van der Waals surface area contributed by atoms with Gasteiger partial charge in [-0.05, 0) is 94.8 Å². The molecule has 8 rings (SSSR count). The first-order valence-corrected chi connectivity index (χ1v) is 28.3. The first-order chi connectivity index (χ1) is 37.9. The molecule has 0 aromatic rings.